The van der Waals surface area contributed by atoms with Crippen LogP contribution >= 0.6 is 11.6 Å². The van der Waals surface area contributed by atoms with Crippen LogP contribution in [0.1, 0.15) is 23.7 Å². The number of ether oxygens (including phenoxy) is 2. The molecule has 7 heteroatoms. The maximum absolute atomic E-state index is 12.2. The number of rotatable bonds is 5. The van der Waals surface area contributed by atoms with E-state index in [0.717, 1.165) is 0 Å². The molecule has 0 fully saturated rings. The Labute approximate surface area is 121 Å². The van der Waals surface area contributed by atoms with E-state index in [1.54, 1.807) is 6.92 Å². The standard InChI is InChI=1S/C13H16ClNO5/c1-2-13(5-16,6-17)15-12(18)8-3-9(14)11-10(4-8)19-7-20-11/h3-4,16-17H,2,5-7H2,1H3,(H,15,18). The van der Waals surface area contributed by atoms with Crippen molar-refractivity contribution in [2.45, 2.75) is 18.9 Å². The Kier molecular flexibility index (Phi) is 4.37. The molecule has 0 spiro atoms. The molecule has 0 aliphatic carbocycles. The summed E-state index contributed by atoms with van der Waals surface area (Å²) in [7, 11) is 0. The number of aliphatic hydroxyl groups is 2. The van der Waals surface area contributed by atoms with Crippen molar-refractivity contribution in [1.82, 2.24) is 5.32 Å². The molecule has 1 aliphatic rings. The molecule has 110 valence electrons. The van der Waals surface area contributed by atoms with Gasteiger partial charge in [0.15, 0.2) is 11.5 Å². The van der Waals surface area contributed by atoms with Crippen molar-refractivity contribution in [3.63, 3.8) is 0 Å². The number of fused-ring (bicyclic) bond motifs is 1. The monoisotopic (exact) mass is 301 g/mol. The molecule has 0 atom stereocenters. The zero-order chi connectivity index (χ0) is 14.8. The maximum atomic E-state index is 12.2. The van der Waals surface area contributed by atoms with Gasteiger partial charge in [-0.25, -0.2) is 0 Å². The van der Waals surface area contributed by atoms with Gasteiger partial charge in [0.2, 0.25) is 6.79 Å². The molecule has 1 heterocycles. The third-order valence-electron chi connectivity index (χ3n) is 3.35. The van der Waals surface area contributed by atoms with Gasteiger partial charge in [0, 0.05) is 5.56 Å². The molecule has 0 aromatic heterocycles. The van der Waals surface area contributed by atoms with Crippen LogP contribution in [-0.4, -0.2) is 41.7 Å². The summed E-state index contributed by atoms with van der Waals surface area (Å²) >= 11 is 6.01. The second-order valence-electron chi connectivity index (χ2n) is 4.60. The summed E-state index contributed by atoms with van der Waals surface area (Å²) in [5.74, 6) is 0.363. The van der Waals surface area contributed by atoms with Gasteiger partial charge in [-0.05, 0) is 18.6 Å². The topological polar surface area (TPSA) is 88.0 Å². The number of halogens is 1. The first-order valence-corrected chi connectivity index (χ1v) is 6.56. The lowest BCUT2D eigenvalue weighted by Crippen LogP contribution is -2.53. The summed E-state index contributed by atoms with van der Waals surface area (Å²) in [4.78, 5) is 12.2. The molecule has 1 amide bonds. The second kappa shape index (κ2) is 5.87. The smallest absolute Gasteiger partial charge is 0.252 e. The van der Waals surface area contributed by atoms with Gasteiger partial charge in [-0.3, -0.25) is 4.79 Å². The molecule has 0 radical (unpaired) electrons. The number of carbonyl (C=O) groups excluding carboxylic acids is 1. The van der Waals surface area contributed by atoms with E-state index in [1.165, 1.54) is 12.1 Å². The molecule has 1 aliphatic heterocycles. The molecule has 3 N–H and O–H groups in total. The summed E-state index contributed by atoms with van der Waals surface area (Å²) in [6, 6.07) is 2.97. The minimum Gasteiger partial charge on any atom is -0.454 e. The average molecular weight is 302 g/mol. The van der Waals surface area contributed by atoms with E-state index in [0.29, 0.717) is 17.9 Å². The zero-order valence-electron chi connectivity index (χ0n) is 11.0. The highest BCUT2D eigenvalue weighted by Gasteiger charge is 2.30. The lowest BCUT2D eigenvalue weighted by molar-refractivity contribution is 0.0652. The number of hydrogen-bond acceptors (Lipinski definition) is 5. The number of nitrogens with one attached hydrogen (secondary N) is 1. The SMILES string of the molecule is CCC(CO)(CO)NC(=O)c1cc(Cl)c2c(c1)OCO2. The Hall–Kier alpha value is -1.50. The molecular formula is C13H16ClNO5. The van der Waals surface area contributed by atoms with Crippen molar-refractivity contribution in [3.05, 3.63) is 22.7 Å². The predicted molar refractivity (Wildman–Crippen MR) is 72.2 cm³/mol. The molecule has 0 unspecified atom stereocenters. The number of aliphatic hydroxyl groups excluding tert-OH is 2. The van der Waals surface area contributed by atoms with Gasteiger partial charge in [0.25, 0.3) is 5.91 Å². The van der Waals surface area contributed by atoms with Crippen LogP contribution in [0.3, 0.4) is 0 Å². The highest BCUT2D eigenvalue weighted by atomic mass is 35.5. The van der Waals surface area contributed by atoms with Crippen molar-refractivity contribution in [2.24, 2.45) is 0 Å². The fraction of sp³-hybridized carbons (Fsp3) is 0.462. The maximum Gasteiger partial charge on any atom is 0.252 e. The van der Waals surface area contributed by atoms with Crippen molar-refractivity contribution in [1.29, 1.82) is 0 Å². The second-order valence-corrected chi connectivity index (χ2v) is 5.00. The zero-order valence-corrected chi connectivity index (χ0v) is 11.7. The Morgan fingerprint density at radius 3 is 2.70 bits per heavy atom. The van der Waals surface area contributed by atoms with E-state index in [9.17, 15) is 15.0 Å². The average Bonchev–Trinajstić information content (AvgIpc) is 2.93. The van der Waals surface area contributed by atoms with Gasteiger partial charge in [0.05, 0.1) is 23.8 Å². The summed E-state index contributed by atoms with van der Waals surface area (Å²) in [6.07, 6.45) is 0.393. The molecule has 2 rings (SSSR count). The summed E-state index contributed by atoms with van der Waals surface area (Å²) < 4.78 is 10.4. The molecular weight excluding hydrogens is 286 g/mol. The molecule has 0 bridgehead atoms. The first kappa shape index (κ1) is 14.9. The summed E-state index contributed by atoms with van der Waals surface area (Å²) in [5, 5.41) is 21.6. The summed E-state index contributed by atoms with van der Waals surface area (Å²) in [6.45, 7) is 1.11. The van der Waals surface area contributed by atoms with Crippen LogP contribution in [0.25, 0.3) is 0 Å². The number of carbonyl (C=O) groups is 1. The van der Waals surface area contributed by atoms with E-state index in [1.807, 2.05) is 0 Å². The molecule has 0 saturated heterocycles. The van der Waals surface area contributed by atoms with Crippen molar-refractivity contribution in [3.8, 4) is 11.5 Å². The largest absolute Gasteiger partial charge is 0.454 e. The van der Waals surface area contributed by atoms with E-state index >= 15 is 0 Å². The first-order chi connectivity index (χ1) is 9.55. The fourth-order valence-electron chi connectivity index (χ4n) is 1.85. The van der Waals surface area contributed by atoms with Gasteiger partial charge in [-0.1, -0.05) is 18.5 Å². The Morgan fingerprint density at radius 1 is 1.40 bits per heavy atom. The van der Waals surface area contributed by atoms with Crippen LogP contribution in [0.5, 0.6) is 11.5 Å². The van der Waals surface area contributed by atoms with Gasteiger partial charge >= 0.3 is 0 Å². The van der Waals surface area contributed by atoms with E-state index in [-0.39, 0.29) is 30.6 Å². The van der Waals surface area contributed by atoms with Crippen molar-refractivity contribution < 1.29 is 24.5 Å². The van der Waals surface area contributed by atoms with Crippen LogP contribution in [0.2, 0.25) is 5.02 Å². The molecule has 20 heavy (non-hydrogen) atoms. The lowest BCUT2D eigenvalue weighted by Gasteiger charge is -2.29. The number of benzene rings is 1. The van der Waals surface area contributed by atoms with E-state index in [2.05, 4.69) is 5.32 Å². The Morgan fingerprint density at radius 2 is 2.10 bits per heavy atom. The van der Waals surface area contributed by atoms with Gasteiger partial charge in [-0.15, -0.1) is 0 Å². The van der Waals surface area contributed by atoms with Crippen LogP contribution < -0.4 is 14.8 Å². The first-order valence-electron chi connectivity index (χ1n) is 6.18. The third kappa shape index (κ3) is 2.67. The van der Waals surface area contributed by atoms with Crippen molar-refractivity contribution >= 4 is 17.5 Å². The quantitative estimate of drug-likeness (QED) is 0.753. The molecule has 6 nitrogen and oxygen atoms in total. The van der Waals surface area contributed by atoms with Crippen LogP contribution in [-0.2, 0) is 0 Å². The highest BCUT2D eigenvalue weighted by Crippen LogP contribution is 2.39. The highest BCUT2D eigenvalue weighted by molar-refractivity contribution is 6.32. The number of amides is 1. The normalized spacial score (nSPS) is 13.4. The fourth-order valence-corrected chi connectivity index (χ4v) is 2.12. The molecule has 1 aromatic rings. The predicted octanol–water partition coefficient (Wildman–Crippen LogP) is 0.932. The van der Waals surface area contributed by atoms with Crippen LogP contribution in [0.4, 0.5) is 0 Å². The lowest BCUT2D eigenvalue weighted by atomic mass is 9.97. The number of hydrogen-bond donors (Lipinski definition) is 3. The summed E-state index contributed by atoms with van der Waals surface area (Å²) in [5.41, 5.74) is -0.779. The molecule has 1 aromatic carbocycles. The van der Waals surface area contributed by atoms with Gasteiger partial charge in [0.1, 0.15) is 0 Å². The van der Waals surface area contributed by atoms with Crippen LogP contribution in [0, 0.1) is 0 Å². The Bertz CT molecular complexity index is 507. The van der Waals surface area contributed by atoms with Crippen LogP contribution in [0.15, 0.2) is 12.1 Å². The minimum atomic E-state index is -1.06. The van der Waals surface area contributed by atoms with Crippen molar-refractivity contribution in [2.75, 3.05) is 20.0 Å². The van der Waals surface area contributed by atoms with E-state index in [4.69, 9.17) is 21.1 Å². The van der Waals surface area contributed by atoms with E-state index < -0.39 is 11.4 Å². The third-order valence-corrected chi connectivity index (χ3v) is 3.63. The Balaban J connectivity index is 2.24. The van der Waals surface area contributed by atoms with Gasteiger partial charge < -0.3 is 25.0 Å². The van der Waals surface area contributed by atoms with Gasteiger partial charge in [-0.2, -0.15) is 0 Å². The minimum absolute atomic E-state index is 0.0618. The molecule has 0 saturated carbocycles.